The molecule has 1 amide bonds. The minimum atomic E-state index is -0.361. The molecule has 1 aromatic heterocycles. The summed E-state index contributed by atoms with van der Waals surface area (Å²) in [6.45, 7) is 5.81. The Bertz CT molecular complexity index is 947. The van der Waals surface area contributed by atoms with Crippen LogP contribution in [0.25, 0.3) is 0 Å². The van der Waals surface area contributed by atoms with E-state index in [2.05, 4.69) is 9.88 Å². The van der Waals surface area contributed by atoms with Crippen molar-refractivity contribution in [2.24, 2.45) is 0 Å². The van der Waals surface area contributed by atoms with Crippen LogP contribution in [0, 0.1) is 0 Å². The maximum Gasteiger partial charge on any atom is 0.339 e. The highest BCUT2D eigenvalue weighted by molar-refractivity contribution is 7.99. The summed E-state index contributed by atoms with van der Waals surface area (Å²) in [6.07, 6.45) is 4.92. The zero-order valence-electron chi connectivity index (χ0n) is 19.1. The van der Waals surface area contributed by atoms with E-state index >= 15 is 0 Å². The normalized spacial score (nSPS) is 18.8. The van der Waals surface area contributed by atoms with Crippen LogP contribution in [0.4, 0.5) is 5.82 Å². The summed E-state index contributed by atoms with van der Waals surface area (Å²) in [5.74, 6) is 1.41. The molecule has 2 aromatic rings. The van der Waals surface area contributed by atoms with Crippen LogP contribution in [0.3, 0.4) is 0 Å². The van der Waals surface area contributed by atoms with E-state index in [9.17, 15) is 9.59 Å². The molecule has 0 radical (unpaired) electrons. The van der Waals surface area contributed by atoms with E-state index in [1.165, 1.54) is 0 Å². The maximum absolute atomic E-state index is 13.4. The smallest absolute Gasteiger partial charge is 0.339 e. The Balaban J connectivity index is 1.37. The number of nitrogens with zero attached hydrogens (tertiary/aromatic N) is 3. The second kappa shape index (κ2) is 11.5. The highest BCUT2D eigenvalue weighted by Crippen LogP contribution is 2.28. The lowest BCUT2D eigenvalue weighted by Gasteiger charge is -2.23. The molecule has 2 fully saturated rings. The second-order valence-electron chi connectivity index (χ2n) is 8.20. The van der Waals surface area contributed by atoms with Crippen LogP contribution in [0.5, 0.6) is 0 Å². The Kier molecular flexibility index (Phi) is 8.23. The molecule has 2 saturated heterocycles. The predicted octanol–water partition coefficient (Wildman–Crippen LogP) is 3.88. The molecular formula is C25H31N3O4S. The molecule has 1 aromatic carbocycles. The number of thioether (sulfide) groups is 1. The van der Waals surface area contributed by atoms with E-state index in [1.54, 1.807) is 30.9 Å². The molecule has 0 spiro atoms. The summed E-state index contributed by atoms with van der Waals surface area (Å²) in [5.41, 5.74) is 1.22. The monoisotopic (exact) mass is 469 g/mol. The number of pyridine rings is 1. The van der Waals surface area contributed by atoms with E-state index in [0.717, 1.165) is 54.4 Å². The molecule has 1 unspecified atom stereocenters. The van der Waals surface area contributed by atoms with Crippen molar-refractivity contribution in [3.05, 3.63) is 53.7 Å². The van der Waals surface area contributed by atoms with Gasteiger partial charge >= 0.3 is 5.97 Å². The lowest BCUT2D eigenvalue weighted by atomic mass is 10.2. The van der Waals surface area contributed by atoms with Gasteiger partial charge in [0.05, 0.1) is 23.8 Å². The lowest BCUT2D eigenvalue weighted by Crippen LogP contribution is -2.35. The summed E-state index contributed by atoms with van der Waals surface area (Å²) in [6, 6.07) is 11.5. The van der Waals surface area contributed by atoms with Crippen LogP contribution >= 0.6 is 11.8 Å². The minimum absolute atomic E-state index is 0.0814. The number of esters is 1. The molecule has 176 valence electrons. The van der Waals surface area contributed by atoms with Gasteiger partial charge in [0.15, 0.2) is 0 Å². The summed E-state index contributed by atoms with van der Waals surface area (Å²) in [7, 11) is 0. The number of ether oxygens (including phenoxy) is 2. The van der Waals surface area contributed by atoms with Crippen molar-refractivity contribution in [2.75, 3.05) is 50.0 Å². The zero-order valence-corrected chi connectivity index (χ0v) is 19.9. The van der Waals surface area contributed by atoms with E-state index < -0.39 is 0 Å². The Morgan fingerprint density at radius 1 is 1.12 bits per heavy atom. The molecule has 0 N–H and O–H groups in total. The van der Waals surface area contributed by atoms with Gasteiger partial charge in [0, 0.05) is 49.6 Å². The number of carbonyl (C=O) groups is 2. The molecule has 2 aliphatic rings. The fraction of sp³-hybridized carbons (Fsp3) is 0.480. The van der Waals surface area contributed by atoms with Gasteiger partial charge in [-0.3, -0.25) is 4.79 Å². The molecule has 1 atom stereocenters. The van der Waals surface area contributed by atoms with Gasteiger partial charge in [0.1, 0.15) is 5.82 Å². The Morgan fingerprint density at radius 3 is 2.76 bits per heavy atom. The van der Waals surface area contributed by atoms with Crippen molar-refractivity contribution in [3.8, 4) is 0 Å². The molecule has 33 heavy (non-hydrogen) atoms. The summed E-state index contributed by atoms with van der Waals surface area (Å²) in [5, 5.41) is 0. The van der Waals surface area contributed by atoms with Crippen LogP contribution < -0.4 is 4.90 Å². The average molecular weight is 470 g/mol. The topological polar surface area (TPSA) is 72.0 Å². The molecule has 8 heteroatoms. The van der Waals surface area contributed by atoms with Crippen LogP contribution in [0.2, 0.25) is 0 Å². The molecule has 0 aliphatic carbocycles. The number of anilines is 1. The number of hydrogen-bond donors (Lipinski definition) is 0. The first-order valence-electron chi connectivity index (χ1n) is 11.7. The van der Waals surface area contributed by atoms with E-state index in [0.29, 0.717) is 31.8 Å². The minimum Gasteiger partial charge on any atom is -0.462 e. The largest absolute Gasteiger partial charge is 0.462 e. The molecule has 4 rings (SSSR count). The number of benzene rings is 1. The van der Waals surface area contributed by atoms with Crippen LogP contribution in [-0.2, 0) is 9.47 Å². The first kappa shape index (κ1) is 23.6. The lowest BCUT2D eigenvalue weighted by molar-refractivity contribution is 0.0525. The third-order valence-electron chi connectivity index (χ3n) is 5.93. The number of carbonyl (C=O) groups excluding carboxylic acids is 2. The Morgan fingerprint density at radius 2 is 2.00 bits per heavy atom. The standard InChI is InChI=1S/C25H31N3O4S/c1-2-31-25(30)19-10-11-23(26-17-19)27-12-6-13-28(15-14-27)24(29)21-8-3-4-9-22(21)33-18-20-7-5-16-32-20/h3-4,8-11,17,20H,2,5-7,12-16,18H2,1H3. The Hall–Kier alpha value is -2.58. The zero-order chi connectivity index (χ0) is 23.0. The van der Waals surface area contributed by atoms with Gasteiger partial charge in [0.2, 0.25) is 0 Å². The predicted molar refractivity (Wildman–Crippen MR) is 129 cm³/mol. The second-order valence-corrected chi connectivity index (χ2v) is 9.26. The van der Waals surface area contributed by atoms with Crippen LogP contribution in [0.1, 0.15) is 46.9 Å². The third kappa shape index (κ3) is 6.06. The molecule has 0 bridgehead atoms. The van der Waals surface area contributed by atoms with Gasteiger partial charge in [-0.25, -0.2) is 9.78 Å². The number of hydrogen-bond acceptors (Lipinski definition) is 7. The van der Waals surface area contributed by atoms with Crippen molar-refractivity contribution < 1.29 is 19.1 Å². The number of rotatable bonds is 7. The highest BCUT2D eigenvalue weighted by Gasteiger charge is 2.24. The van der Waals surface area contributed by atoms with Gasteiger partial charge in [-0.15, -0.1) is 11.8 Å². The number of aromatic nitrogens is 1. The van der Waals surface area contributed by atoms with Crippen LogP contribution in [0.15, 0.2) is 47.5 Å². The quantitative estimate of drug-likeness (QED) is 0.450. The first-order valence-corrected chi connectivity index (χ1v) is 12.6. The fourth-order valence-electron chi connectivity index (χ4n) is 4.16. The fourth-order valence-corrected chi connectivity index (χ4v) is 5.27. The van der Waals surface area contributed by atoms with Crippen molar-refractivity contribution in [3.63, 3.8) is 0 Å². The summed E-state index contributed by atoms with van der Waals surface area (Å²) < 4.78 is 10.8. The van der Waals surface area contributed by atoms with Gasteiger partial charge in [0.25, 0.3) is 5.91 Å². The summed E-state index contributed by atoms with van der Waals surface area (Å²) in [4.78, 5) is 34.8. The molecule has 7 nitrogen and oxygen atoms in total. The van der Waals surface area contributed by atoms with Gasteiger partial charge in [-0.05, 0) is 50.5 Å². The van der Waals surface area contributed by atoms with Gasteiger partial charge in [-0.1, -0.05) is 12.1 Å². The van der Waals surface area contributed by atoms with Gasteiger partial charge in [-0.2, -0.15) is 0 Å². The van der Waals surface area contributed by atoms with E-state index in [1.807, 2.05) is 35.2 Å². The molecule has 2 aliphatic heterocycles. The third-order valence-corrected chi connectivity index (χ3v) is 7.14. The SMILES string of the molecule is CCOC(=O)c1ccc(N2CCCN(C(=O)c3ccccc3SCC3CCCO3)CC2)nc1. The van der Waals surface area contributed by atoms with E-state index in [-0.39, 0.29) is 18.0 Å². The molecular weight excluding hydrogens is 438 g/mol. The Labute approximate surface area is 199 Å². The van der Waals surface area contributed by atoms with Crippen molar-refractivity contribution in [1.82, 2.24) is 9.88 Å². The highest BCUT2D eigenvalue weighted by atomic mass is 32.2. The molecule has 3 heterocycles. The van der Waals surface area contributed by atoms with Crippen molar-refractivity contribution in [2.45, 2.75) is 37.2 Å². The molecule has 0 saturated carbocycles. The summed E-state index contributed by atoms with van der Waals surface area (Å²) >= 11 is 1.72. The van der Waals surface area contributed by atoms with Crippen molar-refractivity contribution in [1.29, 1.82) is 0 Å². The number of amides is 1. The van der Waals surface area contributed by atoms with E-state index in [4.69, 9.17) is 9.47 Å². The van der Waals surface area contributed by atoms with Gasteiger partial charge < -0.3 is 19.3 Å². The van der Waals surface area contributed by atoms with Crippen molar-refractivity contribution >= 4 is 29.5 Å². The van der Waals surface area contributed by atoms with Crippen LogP contribution in [-0.4, -0.2) is 73.0 Å². The maximum atomic E-state index is 13.4. The first-order chi connectivity index (χ1) is 16.2. The average Bonchev–Trinajstić information content (AvgIpc) is 3.25.